The van der Waals surface area contributed by atoms with Gasteiger partial charge in [-0.1, -0.05) is 0 Å². The fourth-order valence-electron chi connectivity index (χ4n) is 6.56. The maximum absolute atomic E-state index is 12.8. The molecule has 32 heavy (non-hydrogen) atoms. The number of alkyl halides is 3. The van der Waals surface area contributed by atoms with Crippen LogP contribution in [0.25, 0.3) is 0 Å². The number of hydrogen-bond acceptors (Lipinski definition) is 5. The zero-order chi connectivity index (χ0) is 22.7. The zero-order valence-electron chi connectivity index (χ0n) is 17.6. The standard InChI is InChI=1S/C22H27F3N4O3/c23-22(24,25)15-1-2-17(27-10-15)28-16-3-4-29(11-16)20(31)32-18-13-5-12-6-14(18)9-21(7-12,8-13)19(26)30/h1-2,10,12-14,16,18H,3-9,11H2,(H2,26,30)(H,27,28)/t12?,13-,14?,16-,18?,21?/m0/s1. The molecule has 1 saturated heterocycles. The molecule has 10 heteroatoms. The van der Waals surface area contributed by atoms with Crippen LogP contribution in [0.1, 0.15) is 44.1 Å². The number of nitrogens with one attached hydrogen (secondary N) is 1. The van der Waals surface area contributed by atoms with Gasteiger partial charge in [-0.25, -0.2) is 9.78 Å². The van der Waals surface area contributed by atoms with Crippen LogP contribution in [-0.4, -0.2) is 47.1 Å². The van der Waals surface area contributed by atoms with Gasteiger partial charge in [0.25, 0.3) is 0 Å². The molecule has 2 amide bonds. The van der Waals surface area contributed by atoms with Gasteiger partial charge in [-0.05, 0) is 68.4 Å². The number of rotatable bonds is 4. The minimum Gasteiger partial charge on any atom is -0.446 e. The van der Waals surface area contributed by atoms with E-state index in [9.17, 15) is 22.8 Å². The van der Waals surface area contributed by atoms with Crippen molar-refractivity contribution in [2.24, 2.45) is 28.9 Å². The van der Waals surface area contributed by atoms with Crippen LogP contribution in [0.15, 0.2) is 18.3 Å². The average molecular weight is 452 g/mol. The summed E-state index contributed by atoms with van der Waals surface area (Å²) in [6, 6.07) is 2.18. The number of halogens is 3. The highest BCUT2D eigenvalue weighted by Crippen LogP contribution is 2.60. The van der Waals surface area contributed by atoms with Gasteiger partial charge in [-0.2, -0.15) is 13.2 Å². The Morgan fingerprint density at radius 3 is 2.50 bits per heavy atom. The molecule has 2 heterocycles. The van der Waals surface area contributed by atoms with Gasteiger partial charge in [0, 0.05) is 25.3 Å². The van der Waals surface area contributed by atoms with Crippen LogP contribution in [-0.2, 0) is 15.7 Å². The van der Waals surface area contributed by atoms with Crippen LogP contribution >= 0.6 is 0 Å². The molecule has 6 atom stereocenters. The molecule has 1 aromatic heterocycles. The maximum atomic E-state index is 12.8. The van der Waals surface area contributed by atoms with E-state index >= 15 is 0 Å². The number of anilines is 1. The van der Waals surface area contributed by atoms with E-state index in [1.165, 1.54) is 6.07 Å². The first-order chi connectivity index (χ1) is 15.1. The summed E-state index contributed by atoms with van der Waals surface area (Å²) >= 11 is 0. The SMILES string of the molecule is NC(=O)C12CC3CC(C1)C(OC(=O)N1CC[C@H](Nc4ccc(C(F)(F)F)cn4)C1)[C@@H](C3)C2. The van der Waals surface area contributed by atoms with Gasteiger partial charge in [-0.3, -0.25) is 4.79 Å². The minimum absolute atomic E-state index is 0.108. The number of hydrogen-bond donors (Lipinski definition) is 2. The zero-order valence-corrected chi connectivity index (χ0v) is 17.6. The van der Waals surface area contributed by atoms with Crippen molar-refractivity contribution in [1.29, 1.82) is 0 Å². The molecule has 4 unspecified atom stereocenters. The van der Waals surface area contributed by atoms with Crippen molar-refractivity contribution in [3.05, 3.63) is 23.9 Å². The van der Waals surface area contributed by atoms with E-state index in [2.05, 4.69) is 10.3 Å². The topological polar surface area (TPSA) is 97.6 Å². The lowest BCUT2D eigenvalue weighted by molar-refractivity contribution is -0.161. The number of primary amides is 1. The summed E-state index contributed by atoms with van der Waals surface area (Å²) in [4.78, 5) is 30.4. The Labute approximate surface area is 183 Å². The van der Waals surface area contributed by atoms with E-state index < -0.39 is 17.2 Å². The van der Waals surface area contributed by atoms with Crippen LogP contribution < -0.4 is 11.1 Å². The van der Waals surface area contributed by atoms with Crippen molar-refractivity contribution in [3.63, 3.8) is 0 Å². The molecule has 1 aliphatic heterocycles. The van der Waals surface area contributed by atoms with E-state index in [0.29, 0.717) is 44.1 Å². The highest BCUT2D eigenvalue weighted by molar-refractivity contribution is 5.81. The lowest BCUT2D eigenvalue weighted by atomic mass is 9.48. The Hall–Kier alpha value is -2.52. The number of pyridine rings is 1. The molecule has 4 aliphatic carbocycles. The summed E-state index contributed by atoms with van der Waals surface area (Å²) in [6.45, 7) is 0.907. The molecule has 174 valence electrons. The van der Waals surface area contributed by atoms with E-state index in [-0.39, 0.29) is 36.0 Å². The Morgan fingerprint density at radius 2 is 1.91 bits per heavy atom. The Kier molecular flexibility index (Phi) is 5.01. The first-order valence-electron chi connectivity index (χ1n) is 11.2. The summed E-state index contributed by atoms with van der Waals surface area (Å²) in [5.74, 6) is 0.991. The molecular weight excluding hydrogens is 425 g/mol. The molecule has 3 N–H and O–H groups in total. The average Bonchev–Trinajstić information content (AvgIpc) is 3.18. The van der Waals surface area contributed by atoms with Gasteiger partial charge < -0.3 is 20.7 Å². The molecule has 4 bridgehead atoms. The third-order valence-electron chi connectivity index (χ3n) is 7.84. The van der Waals surface area contributed by atoms with Crippen molar-refractivity contribution in [1.82, 2.24) is 9.88 Å². The number of nitrogens with two attached hydrogens (primary N) is 1. The number of aromatic nitrogens is 1. The number of amides is 2. The Balaban J connectivity index is 1.16. The van der Waals surface area contributed by atoms with Crippen molar-refractivity contribution < 1.29 is 27.5 Å². The molecule has 0 aromatic carbocycles. The summed E-state index contributed by atoms with van der Waals surface area (Å²) in [6.07, 6.45) is 0.739. The van der Waals surface area contributed by atoms with E-state index in [0.717, 1.165) is 31.5 Å². The predicted molar refractivity (Wildman–Crippen MR) is 108 cm³/mol. The monoisotopic (exact) mass is 452 g/mol. The van der Waals surface area contributed by atoms with Crippen molar-refractivity contribution in [3.8, 4) is 0 Å². The fourth-order valence-corrected chi connectivity index (χ4v) is 6.56. The smallest absolute Gasteiger partial charge is 0.417 e. The van der Waals surface area contributed by atoms with Crippen molar-refractivity contribution in [2.45, 2.75) is 56.8 Å². The molecule has 0 radical (unpaired) electrons. The number of ether oxygens (including phenoxy) is 1. The van der Waals surface area contributed by atoms with Gasteiger partial charge in [0.2, 0.25) is 5.91 Å². The molecule has 5 aliphatic rings. The molecule has 6 rings (SSSR count). The Morgan fingerprint density at radius 1 is 1.19 bits per heavy atom. The van der Waals surface area contributed by atoms with E-state index in [4.69, 9.17) is 10.5 Å². The molecule has 0 spiro atoms. The van der Waals surface area contributed by atoms with Gasteiger partial charge in [0.15, 0.2) is 0 Å². The second kappa shape index (κ2) is 7.52. The summed E-state index contributed by atoms with van der Waals surface area (Å²) in [5.41, 5.74) is 4.51. The lowest BCUT2D eigenvalue weighted by Crippen LogP contribution is -2.59. The predicted octanol–water partition coefficient (Wildman–Crippen LogP) is 3.40. The van der Waals surface area contributed by atoms with E-state index in [1.54, 1.807) is 4.90 Å². The molecule has 7 nitrogen and oxygen atoms in total. The number of carbonyl (C=O) groups excluding carboxylic acids is 2. The van der Waals surface area contributed by atoms with Crippen molar-refractivity contribution >= 4 is 17.8 Å². The fraction of sp³-hybridized carbons (Fsp3) is 0.682. The first-order valence-corrected chi connectivity index (χ1v) is 11.2. The maximum Gasteiger partial charge on any atom is 0.417 e. The Bertz CT molecular complexity index is 891. The van der Waals surface area contributed by atoms with Crippen molar-refractivity contribution in [2.75, 3.05) is 18.4 Å². The van der Waals surface area contributed by atoms with Gasteiger partial charge >= 0.3 is 12.3 Å². The second-order valence-electron chi connectivity index (χ2n) is 9.97. The van der Waals surface area contributed by atoms with Crippen LogP contribution in [0, 0.1) is 23.2 Å². The number of likely N-dealkylation sites (tertiary alicyclic amines) is 1. The number of nitrogens with zero attached hydrogens (tertiary/aromatic N) is 2. The second-order valence-corrected chi connectivity index (χ2v) is 9.97. The van der Waals surface area contributed by atoms with Gasteiger partial charge in [0.1, 0.15) is 11.9 Å². The summed E-state index contributed by atoms with van der Waals surface area (Å²) in [5, 5.41) is 3.10. The van der Waals surface area contributed by atoms with Gasteiger partial charge in [0.05, 0.1) is 11.0 Å². The number of carbonyl (C=O) groups is 2. The third-order valence-corrected chi connectivity index (χ3v) is 7.84. The molecule has 1 aromatic rings. The highest BCUT2D eigenvalue weighted by Gasteiger charge is 2.59. The van der Waals surface area contributed by atoms with Crippen LogP contribution in [0.4, 0.5) is 23.8 Å². The van der Waals surface area contributed by atoms with Crippen LogP contribution in [0.3, 0.4) is 0 Å². The summed E-state index contributed by atoms with van der Waals surface area (Å²) in [7, 11) is 0. The lowest BCUT2D eigenvalue weighted by Gasteiger charge is -2.58. The largest absolute Gasteiger partial charge is 0.446 e. The van der Waals surface area contributed by atoms with Gasteiger partial charge in [-0.15, -0.1) is 0 Å². The third kappa shape index (κ3) is 3.77. The van der Waals surface area contributed by atoms with Crippen LogP contribution in [0.2, 0.25) is 0 Å². The highest BCUT2D eigenvalue weighted by atomic mass is 19.4. The first kappa shape index (κ1) is 21.3. The molecule has 5 fully saturated rings. The molecule has 4 saturated carbocycles. The normalized spacial score (nSPS) is 35.7. The summed E-state index contributed by atoms with van der Waals surface area (Å²) < 4.78 is 44.0. The van der Waals surface area contributed by atoms with E-state index in [1.807, 2.05) is 0 Å². The molecular formula is C22H27F3N4O3. The quantitative estimate of drug-likeness (QED) is 0.730. The minimum atomic E-state index is -4.42. The van der Waals surface area contributed by atoms with Crippen LogP contribution in [0.5, 0.6) is 0 Å².